The molecule has 6 heteroatoms. The SMILES string of the molecule is Cc1nnc(N2CCN(C(=O)CC(c3ccccc3)C(C)C)CC2)o1. The second kappa shape index (κ2) is 7.68. The number of amides is 1. The van der Waals surface area contributed by atoms with E-state index in [-0.39, 0.29) is 11.8 Å². The predicted molar refractivity (Wildman–Crippen MR) is 96.5 cm³/mol. The summed E-state index contributed by atoms with van der Waals surface area (Å²) >= 11 is 0. The molecular weight excluding hydrogens is 316 g/mol. The van der Waals surface area contributed by atoms with Gasteiger partial charge >= 0.3 is 6.01 Å². The van der Waals surface area contributed by atoms with Crippen LogP contribution in [0.25, 0.3) is 0 Å². The van der Waals surface area contributed by atoms with Crippen molar-refractivity contribution in [2.24, 2.45) is 5.92 Å². The molecule has 3 rings (SSSR count). The molecule has 1 atom stereocenters. The number of anilines is 1. The summed E-state index contributed by atoms with van der Waals surface area (Å²) < 4.78 is 5.47. The first-order valence-corrected chi connectivity index (χ1v) is 8.92. The molecule has 0 saturated carbocycles. The highest BCUT2D eigenvalue weighted by molar-refractivity contribution is 5.77. The number of rotatable bonds is 5. The highest BCUT2D eigenvalue weighted by Crippen LogP contribution is 2.28. The second-order valence-corrected chi connectivity index (χ2v) is 6.94. The minimum Gasteiger partial charge on any atom is -0.408 e. The Bertz CT molecular complexity index is 690. The Labute approximate surface area is 148 Å². The minimum absolute atomic E-state index is 0.226. The number of nitrogens with zero attached hydrogens (tertiary/aromatic N) is 4. The van der Waals surface area contributed by atoms with Crippen molar-refractivity contribution in [1.82, 2.24) is 15.1 Å². The second-order valence-electron chi connectivity index (χ2n) is 6.94. The smallest absolute Gasteiger partial charge is 0.318 e. The van der Waals surface area contributed by atoms with Gasteiger partial charge in [0.05, 0.1) is 0 Å². The molecule has 0 bridgehead atoms. The number of aromatic nitrogens is 2. The van der Waals surface area contributed by atoms with E-state index in [2.05, 4.69) is 36.2 Å². The maximum Gasteiger partial charge on any atom is 0.318 e. The molecule has 1 amide bonds. The molecule has 2 aromatic rings. The molecule has 1 fully saturated rings. The third kappa shape index (κ3) is 4.18. The van der Waals surface area contributed by atoms with Gasteiger partial charge in [-0.05, 0) is 17.4 Å². The van der Waals surface area contributed by atoms with Crippen LogP contribution >= 0.6 is 0 Å². The topological polar surface area (TPSA) is 62.5 Å². The summed E-state index contributed by atoms with van der Waals surface area (Å²) in [6.07, 6.45) is 0.557. The molecule has 1 saturated heterocycles. The predicted octanol–water partition coefficient (Wildman–Crippen LogP) is 2.86. The first-order chi connectivity index (χ1) is 12.0. The van der Waals surface area contributed by atoms with Crippen LogP contribution in [0.4, 0.5) is 6.01 Å². The van der Waals surface area contributed by atoms with Gasteiger partial charge in [0, 0.05) is 39.5 Å². The largest absolute Gasteiger partial charge is 0.408 e. The van der Waals surface area contributed by atoms with E-state index in [0.29, 0.717) is 37.3 Å². The molecule has 0 radical (unpaired) electrons. The molecule has 1 unspecified atom stereocenters. The van der Waals surface area contributed by atoms with Crippen molar-refractivity contribution in [2.45, 2.75) is 33.1 Å². The zero-order valence-corrected chi connectivity index (χ0v) is 15.2. The van der Waals surface area contributed by atoms with E-state index in [9.17, 15) is 4.79 Å². The van der Waals surface area contributed by atoms with Crippen molar-refractivity contribution in [3.63, 3.8) is 0 Å². The lowest BCUT2D eigenvalue weighted by Crippen LogP contribution is -2.49. The van der Waals surface area contributed by atoms with E-state index in [1.165, 1.54) is 5.56 Å². The Balaban J connectivity index is 1.58. The normalized spacial score (nSPS) is 16.3. The van der Waals surface area contributed by atoms with Crippen LogP contribution in [0.1, 0.15) is 37.6 Å². The molecule has 1 aromatic heterocycles. The minimum atomic E-state index is 0.226. The van der Waals surface area contributed by atoms with Crippen LogP contribution in [0, 0.1) is 12.8 Å². The van der Waals surface area contributed by atoms with E-state index in [0.717, 1.165) is 13.1 Å². The fourth-order valence-electron chi connectivity index (χ4n) is 3.32. The van der Waals surface area contributed by atoms with Crippen molar-refractivity contribution in [3.05, 3.63) is 41.8 Å². The quantitative estimate of drug-likeness (QED) is 0.836. The summed E-state index contributed by atoms with van der Waals surface area (Å²) in [5.74, 6) is 1.47. The number of hydrogen-bond acceptors (Lipinski definition) is 5. The standard InChI is InChI=1S/C19H26N4O2/c1-14(2)17(16-7-5-4-6-8-16)13-18(24)22-9-11-23(12-10-22)19-21-20-15(3)25-19/h4-8,14,17H,9-13H2,1-3H3. The van der Waals surface area contributed by atoms with Crippen molar-refractivity contribution >= 4 is 11.9 Å². The van der Waals surface area contributed by atoms with Crippen LogP contribution < -0.4 is 4.90 Å². The first kappa shape index (κ1) is 17.5. The zero-order valence-electron chi connectivity index (χ0n) is 15.2. The van der Waals surface area contributed by atoms with Gasteiger partial charge < -0.3 is 14.2 Å². The lowest BCUT2D eigenvalue weighted by molar-refractivity contribution is -0.132. The maximum atomic E-state index is 12.8. The summed E-state index contributed by atoms with van der Waals surface area (Å²) in [5.41, 5.74) is 1.24. The van der Waals surface area contributed by atoms with Crippen LogP contribution in [0.2, 0.25) is 0 Å². The average molecular weight is 342 g/mol. The maximum absolute atomic E-state index is 12.8. The molecule has 2 heterocycles. The first-order valence-electron chi connectivity index (χ1n) is 8.92. The van der Waals surface area contributed by atoms with Crippen LogP contribution in [-0.2, 0) is 4.79 Å². The molecule has 25 heavy (non-hydrogen) atoms. The highest BCUT2D eigenvalue weighted by Gasteiger charge is 2.27. The summed E-state index contributed by atoms with van der Waals surface area (Å²) in [7, 11) is 0. The fourth-order valence-corrected chi connectivity index (χ4v) is 3.32. The third-order valence-electron chi connectivity index (χ3n) is 4.85. The van der Waals surface area contributed by atoms with Crippen LogP contribution in [0.5, 0.6) is 0 Å². The lowest BCUT2D eigenvalue weighted by atomic mass is 9.85. The number of carbonyl (C=O) groups excluding carboxylic acids is 1. The van der Waals surface area contributed by atoms with E-state index in [1.54, 1.807) is 6.92 Å². The summed E-state index contributed by atoms with van der Waals surface area (Å²) in [5, 5.41) is 7.93. The van der Waals surface area contributed by atoms with Gasteiger partial charge in [-0.1, -0.05) is 49.3 Å². The van der Waals surface area contributed by atoms with Crippen molar-refractivity contribution in [1.29, 1.82) is 0 Å². The molecule has 1 aromatic carbocycles. The Morgan fingerprint density at radius 1 is 1.12 bits per heavy atom. The fraction of sp³-hybridized carbons (Fsp3) is 0.526. The summed E-state index contributed by atoms with van der Waals surface area (Å²) in [4.78, 5) is 16.8. The average Bonchev–Trinajstić information content (AvgIpc) is 3.06. The molecule has 1 aliphatic heterocycles. The van der Waals surface area contributed by atoms with Crippen LogP contribution in [0.15, 0.2) is 34.7 Å². The van der Waals surface area contributed by atoms with Gasteiger partial charge in [0.15, 0.2) is 0 Å². The number of aryl methyl sites for hydroxylation is 1. The molecule has 6 nitrogen and oxygen atoms in total. The molecule has 0 spiro atoms. The molecule has 0 N–H and O–H groups in total. The Morgan fingerprint density at radius 3 is 2.36 bits per heavy atom. The van der Waals surface area contributed by atoms with Gasteiger partial charge in [-0.15, -0.1) is 5.10 Å². The zero-order chi connectivity index (χ0) is 17.8. The summed E-state index contributed by atoms with van der Waals surface area (Å²) in [6, 6.07) is 10.9. The van der Waals surface area contributed by atoms with Gasteiger partial charge in [-0.25, -0.2) is 0 Å². The number of benzene rings is 1. The monoisotopic (exact) mass is 342 g/mol. The van der Waals surface area contributed by atoms with Crippen molar-refractivity contribution in [2.75, 3.05) is 31.1 Å². The van der Waals surface area contributed by atoms with Gasteiger partial charge in [0.2, 0.25) is 11.8 Å². The van der Waals surface area contributed by atoms with Crippen LogP contribution in [0.3, 0.4) is 0 Å². The molecular formula is C19H26N4O2. The lowest BCUT2D eigenvalue weighted by Gasteiger charge is -2.34. The van der Waals surface area contributed by atoms with Gasteiger partial charge in [0.25, 0.3) is 0 Å². The van der Waals surface area contributed by atoms with Crippen molar-refractivity contribution in [3.8, 4) is 0 Å². The Morgan fingerprint density at radius 2 is 1.80 bits per heavy atom. The molecule has 0 aliphatic carbocycles. The molecule has 134 valence electrons. The van der Waals surface area contributed by atoms with E-state index in [4.69, 9.17) is 4.42 Å². The van der Waals surface area contributed by atoms with Gasteiger partial charge in [-0.3, -0.25) is 4.79 Å². The third-order valence-corrected chi connectivity index (χ3v) is 4.85. The molecule has 1 aliphatic rings. The van der Waals surface area contributed by atoms with Gasteiger partial charge in [-0.2, -0.15) is 0 Å². The number of piperazine rings is 1. The number of hydrogen-bond donors (Lipinski definition) is 0. The highest BCUT2D eigenvalue weighted by atomic mass is 16.4. The van der Waals surface area contributed by atoms with E-state index < -0.39 is 0 Å². The summed E-state index contributed by atoms with van der Waals surface area (Å²) in [6.45, 7) is 8.99. The van der Waals surface area contributed by atoms with Crippen LogP contribution in [-0.4, -0.2) is 47.2 Å². The van der Waals surface area contributed by atoms with E-state index in [1.807, 2.05) is 28.0 Å². The van der Waals surface area contributed by atoms with Crippen molar-refractivity contribution < 1.29 is 9.21 Å². The number of carbonyl (C=O) groups is 1. The van der Waals surface area contributed by atoms with Gasteiger partial charge in [0.1, 0.15) is 0 Å². The van der Waals surface area contributed by atoms with E-state index >= 15 is 0 Å². The Hall–Kier alpha value is -2.37. The Kier molecular flexibility index (Phi) is 5.36.